The Balaban J connectivity index is 1.88. The van der Waals surface area contributed by atoms with Gasteiger partial charge >= 0.3 is 0 Å². The second-order valence-corrected chi connectivity index (χ2v) is 9.84. The van der Waals surface area contributed by atoms with Crippen molar-refractivity contribution in [3.63, 3.8) is 0 Å². The molecule has 0 aromatic heterocycles. The summed E-state index contributed by atoms with van der Waals surface area (Å²) in [5.41, 5.74) is 3.69. The number of hydrogen-bond donors (Lipinski definition) is 1. The number of ketones is 1. The molecule has 0 aliphatic carbocycles. The molecule has 1 atom stereocenters. The lowest BCUT2D eigenvalue weighted by Gasteiger charge is -2.26. The number of anilines is 1. The molecule has 6 heteroatoms. The Hall–Kier alpha value is -4.06. The number of methoxy groups -OCH3 is 1. The molecule has 0 radical (unpaired) electrons. The molecule has 1 N–H and O–H groups in total. The van der Waals surface area contributed by atoms with E-state index in [0.29, 0.717) is 34.2 Å². The predicted molar refractivity (Wildman–Crippen MR) is 145 cm³/mol. The van der Waals surface area contributed by atoms with E-state index in [4.69, 9.17) is 9.47 Å². The van der Waals surface area contributed by atoms with Crippen molar-refractivity contribution in [1.82, 2.24) is 0 Å². The third-order valence-electron chi connectivity index (χ3n) is 6.52. The topological polar surface area (TPSA) is 76.1 Å². The zero-order chi connectivity index (χ0) is 26.9. The number of benzene rings is 3. The summed E-state index contributed by atoms with van der Waals surface area (Å²) in [5.74, 6) is 0.0373. The summed E-state index contributed by atoms with van der Waals surface area (Å²) in [6.45, 7) is 9.94. The number of aryl methyl sites for hydroxylation is 1. The molecule has 1 fully saturated rings. The van der Waals surface area contributed by atoms with Crippen LogP contribution >= 0.6 is 0 Å². The Morgan fingerprint density at radius 2 is 1.57 bits per heavy atom. The summed E-state index contributed by atoms with van der Waals surface area (Å²) in [5, 5.41) is 11.4. The SMILES string of the molecule is COc1ccc(/C(O)=C2/C(=O)C(=O)N(c3ccc(C(C)C)cc3)C2c2ccc(OC(C)C)cc2)cc1C. The zero-order valence-corrected chi connectivity index (χ0v) is 22.1. The fourth-order valence-corrected chi connectivity index (χ4v) is 4.62. The summed E-state index contributed by atoms with van der Waals surface area (Å²) >= 11 is 0. The first-order chi connectivity index (χ1) is 17.6. The second-order valence-electron chi connectivity index (χ2n) is 9.84. The molecule has 0 spiro atoms. The van der Waals surface area contributed by atoms with Gasteiger partial charge in [-0.05, 0) is 85.8 Å². The Kier molecular flexibility index (Phi) is 7.39. The highest BCUT2D eigenvalue weighted by Gasteiger charge is 2.47. The molecule has 192 valence electrons. The van der Waals surface area contributed by atoms with Gasteiger partial charge in [0.05, 0.1) is 24.8 Å². The van der Waals surface area contributed by atoms with Crippen molar-refractivity contribution in [3.05, 3.63) is 94.6 Å². The highest BCUT2D eigenvalue weighted by Crippen LogP contribution is 2.43. The van der Waals surface area contributed by atoms with Crippen molar-refractivity contribution in [1.29, 1.82) is 0 Å². The minimum Gasteiger partial charge on any atom is -0.507 e. The van der Waals surface area contributed by atoms with E-state index in [0.717, 1.165) is 11.1 Å². The smallest absolute Gasteiger partial charge is 0.300 e. The Morgan fingerprint density at radius 1 is 0.919 bits per heavy atom. The van der Waals surface area contributed by atoms with Gasteiger partial charge in [0, 0.05) is 11.3 Å². The molecular formula is C31H33NO5. The van der Waals surface area contributed by atoms with E-state index >= 15 is 0 Å². The monoisotopic (exact) mass is 499 g/mol. The third kappa shape index (κ3) is 5.10. The van der Waals surface area contributed by atoms with E-state index in [1.54, 1.807) is 25.3 Å². The number of nitrogens with zero attached hydrogens (tertiary/aromatic N) is 1. The van der Waals surface area contributed by atoms with E-state index in [-0.39, 0.29) is 17.4 Å². The first-order valence-electron chi connectivity index (χ1n) is 12.4. The number of Topliss-reactive ketones (excluding diaryl/α,β-unsaturated/α-hetero) is 1. The van der Waals surface area contributed by atoms with Crippen LogP contribution in [0, 0.1) is 6.92 Å². The van der Waals surface area contributed by atoms with Crippen LogP contribution < -0.4 is 14.4 Å². The van der Waals surface area contributed by atoms with Crippen molar-refractivity contribution < 1.29 is 24.2 Å². The predicted octanol–water partition coefficient (Wildman–Crippen LogP) is 6.54. The number of ether oxygens (including phenoxy) is 2. The molecule has 3 aromatic carbocycles. The summed E-state index contributed by atoms with van der Waals surface area (Å²) in [6, 6.07) is 19.3. The lowest BCUT2D eigenvalue weighted by Crippen LogP contribution is -2.29. The van der Waals surface area contributed by atoms with Gasteiger partial charge in [0.25, 0.3) is 11.7 Å². The highest BCUT2D eigenvalue weighted by molar-refractivity contribution is 6.51. The highest BCUT2D eigenvalue weighted by atomic mass is 16.5. The van der Waals surface area contributed by atoms with Crippen molar-refractivity contribution in [2.45, 2.75) is 52.7 Å². The maximum atomic E-state index is 13.4. The van der Waals surface area contributed by atoms with Gasteiger partial charge in [-0.2, -0.15) is 0 Å². The van der Waals surface area contributed by atoms with E-state index in [1.165, 1.54) is 4.90 Å². The molecule has 1 saturated heterocycles. The Morgan fingerprint density at radius 3 is 2.11 bits per heavy atom. The van der Waals surface area contributed by atoms with Crippen molar-refractivity contribution in [3.8, 4) is 11.5 Å². The van der Waals surface area contributed by atoms with E-state index < -0.39 is 17.7 Å². The quantitative estimate of drug-likeness (QED) is 0.227. The fourth-order valence-electron chi connectivity index (χ4n) is 4.62. The lowest BCUT2D eigenvalue weighted by atomic mass is 9.94. The second kappa shape index (κ2) is 10.5. The van der Waals surface area contributed by atoms with Gasteiger partial charge in [-0.3, -0.25) is 14.5 Å². The van der Waals surface area contributed by atoms with Crippen LogP contribution in [0.15, 0.2) is 72.3 Å². The number of hydrogen-bond acceptors (Lipinski definition) is 5. The van der Waals surface area contributed by atoms with E-state index in [9.17, 15) is 14.7 Å². The van der Waals surface area contributed by atoms with Crippen LogP contribution in [0.2, 0.25) is 0 Å². The minimum atomic E-state index is -0.805. The summed E-state index contributed by atoms with van der Waals surface area (Å²) in [6.07, 6.45) is 0.00858. The van der Waals surface area contributed by atoms with E-state index in [1.807, 2.05) is 69.3 Å². The first-order valence-corrected chi connectivity index (χ1v) is 12.4. The van der Waals surface area contributed by atoms with Crippen LogP contribution in [0.4, 0.5) is 5.69 Å². The zero-order valence-electron chi connectivity index (χ0n) is 22.1. The van der Waals surface area contributed by atoms with Gasteiger partial charge < -0.3 is 14.6 Å². The first kappa shape index (κ1) is 26.0. The van der Waals surface area contributed by atoms with Crippen LogP contribution in [0.5, 0.6) is 11.5 Å². The maximum absolute atomic E-state index is 13.4. The van der Waals surface area contributed by atoms with Crippen LogP contribution in [-0.2, 0) is 9.59 Å². The molecule has 1 aliphatic heterocycles. The molecule has 0 bridgehead atoms. The molecule has 0 saturated carbocycles. The lowest BCUT2D eigenvalue weighted by molar-refractivity contribution is -0.132. The summed E-state index contributed by atoms with van der Waals surface area (Å²) in [7, 11) is 1.57. The largest absolute Gasteiger partial charge is 0.507 e. The van der Waals surface area contributed by atoms with Gasteiger partial charge in [0.15, 0.2) is 0 Å². The number of aliphatic hydroxyl groups is 1. The third-order valence-corrected chi connectivity index (χ3v) is 6.52. The van der Waals surface area contributed by atoms with Crippen molar-refractivity contribution in [2.75, 3.05) is 12.0 Å². The number of carbonyl (C=O) groups is 2. The average molecular weight is 500 g/mol. The number of rotatable bonds is 7. The fraction of sp³-hybridized carbons (Fsp3) is 0.290. The number of amides is 1. The van der Waals surface area contributed by atoms with Gasteiger partial charge in [0.1, 0.15) is 17.3 Å². The van der Waals surface area contributed by atoms with Crippen LogP contribution in [0.3, 0.4) is 0 Å². The van der Waals surface area contributed by atoms with E-state index in [2.05, 4.69) is 13.8 Å². The van der Waals surface area contributed by atoms with Crippen LogP contribution in [0.25, 0.3) is 5.76 Å². The molecule has 1 unspecified atom stereocenters. The van der Waals surface area contributed by atoms with Crippen molar-refractivity contribution >= 4 is 23.1 Å². The maximum Gasteiger partial charge on any atom is 0.300 e. The molecule has 37 heavy (non-hydrogen) atoms. The molecule has 3 aromatic rings. The minimum absolute atomic E-state index is 0.00858. The van der Waals surface area contributed by atoms with Gasteiger partial charge in [-0.25, -0.2) is 0 Å². The molecule has 1 heterocycles. The number of carbonyl (C=O) groups excluding carboxylic acids is 2. The molecule has 6 nitrogen and oxygen atoms in total. The molecular weight excluding hydrogens is 466 g/mol. The standard InChI is InChI=1S/C31H33NO5/c1-18(2)21-7-12-24(13-8-21)32-28(22-9-14-25(15-10-22)37-19(3)4)27(30(34)31(32)35)29(33)23-11-16-26(36-6)20(5)17-23/h7-19,28,33H,1-6H3/b29-27-. The van der Waals surface area contributed by atoms with Gasteiger partial charge in [0.2, 0.25) is 0 Å². The summed E-state index contributed by atoms with van der Waals surface area (Å²) < 4.78 is 11.1. The molecule has 1 amide bonds. The Bertz CT molecular complexity index is 1340. The Labute approximate surface area is 218 Å². The van der Waals surface area contributed by atoms with Crippen LogP contribution in [-0.4, -0.2) is 30.0 Å². The normalized spacial score (nSPS) is 17.1. The van der Waals surface area contributed by atoms with Crippen molar-refractivity contribution in [2.24, 2.45) is 0 Å². The average Bonchev–Trinajstić information content (AvgIpc) is 3.14. The molecule has 4 rings (SSSR count). The van der Waals surface area contributed by atoms with Crippen LogP contribution in [0.1, 0.15) is 61.9 Å². The molecule has 1 aliphatic rings. The van der Waals surface area contributed by atoms with Gasteiger partial charge in [-0.1, -0.05) is 38.1 Å². The summed E-state index contributed by atoms with van der Waals surface area (Å²) in [4.78, 5) is 28.3. The van der Waals surface area contributed by atoms with Gasteiger partial charge in [-0.15, -0.1) is 0 Å². The number of aliphatic hydroxyl groups excluding tert-OH is 1.